The van der Waals surface area contributed by atoms with Crippen molar-refractivity contribution in [3.05, 3.63) is 81.7 Å². The molecule has 0 radical (unpaired) electrons. The van der Waals surface area contributed by atoms with Crippen LogP contribution in [0.3, 0.4) is 0 Å². The first kappa shape index (κ1) is 19.1. The second-order valence-electron chi connectivity index (χ2n) is 6.74. The molecule has 0 saturated carbocycles. The molecule has 0 unspecified atom stereocenters. The average Bonchev–Trinajstić information content (AvgIpc) is 3.29. The Morgan fingerprint density at radius 3 is 2.77 bits per heavy atom. The minimum Gasteiger partial charge on any atom is -0.293 e. The SMILES string of the molecule is O=C(Cc1cccc2ccccc12)Nc1nc2scc(-c3ccc(Cl)cc3Cl)n2n1. The first-order chi connectivity index (χ1) is 14.6. The number of anilines is 1. The largest absolute Gasteiger partial charge is 0.293 e. The maximum absolute atomic E-state index is 12.6. The fourth-order valence-electron chi connectivity index (χ4n) is 3.41. The van der Waals surface area contributed by atoms with E-state index in [1.54, 1.807) is 16.6 Å². The highest BCUT2D eigenvalue weighted by Gasteiger charge is 2.16. The molecule has 2 aromatic heterocycles. The Morgan fingerprint density at radius 1 is 1.07 bits per heavy atom. The molecule has 5 aromatic rings. The van der Waals surface area contributed by atoms with Crippen molar-refractivity contribution in [2.45, 2.75) is 6.42 Å². The van der Waals surface area contributed by atoms with Crippen molar-refractivity contribution in [3.63, 3.8) is 0 Å². The molecule has 0 aliphatic carbocycles. The number of benzene rings is 3. The van der Waals surface area contributed by atoms with E-state index in [1.165, 1.54) is 11.3 Å². The third kappa shape index (κ3) is 3.54. The number of thiazole rings is 1. The van der Waals surface area contributed by atoms with Gasteiger partial charge in [-0.3, -0.25) is 10.1 Å². The van der Waals surface area contributed by atoms with Gasteiger partial charge in [0.25, 0.3) is 0 Å². The van der Waals surface area contributed by atoms with Crippen LogP contribution < -0.4 is 5.32 Å². The fraction of sp³-hybridized carbons (Fsp3) is 0.0455. The van der Waals surface area contributed by atoms with Crippen LogP contribution in [0.15, 0.2) is 66.0 Å². The molecule has 148 valence electrons. The topological polar surface area (TPSA) is 59.3 Å². The lowest BCUT2D eigenvalue weighted by Crippen LogP contribution is -2.15. The number of rotatable bonds is 4. The fourth-order valence-corrected chi connectivity index (χ4v) is 4.73. The highest BCUT2D eigenvalue weighted by atomic mass is 35.5. The molecule has 0 saturated heterocycles. The Bertz CT molecular complexity index is 1400. The number of carbonyl (C=O) groups excluding carboxylic acids is 1. The highest BCUT2D eigenvalue weighted by molar-refractivity contribution is 7.15. The van der Waals surface area contributed by atoms with Gasteiger partial charge in [-0.25, -0.2) is 4.52 Å². The lowest BCUT2D eigenvalue weighted by Gasteiger charge is -2.06. The van der Waals surface area contributed by atoms with Gasteiger partial charge in [0.05, 0.1) is 17.1 Å². The van der Waals surface area contributed by atoms with E-state index in [4.69, 9.17) is 23.2 Å². The van der Waals surface area contributed by atoms with Crippen molar-refractivity contribution in [2.24, 2.45) is 0 Å². The predicted octanol–water partition coefficient (Wildman–Crippen LogP) is 6.10. The van der Waals surface area contributed by atoms with Crippen molar-refractivity contribution in [2.75, 3.05) is 5.32 Å². The maximum atomic E-state index is 12.6. The zero-order valence-electron chi connectivity index (χ0n) is 15.5. The number of halogens is 2. The van der Waals surface area contributed by atoms with Crippen LogP contribution >= 0.6 is 34.5 Å². The summed E-state index contributed by atoms with van der Waals surface area (Å²) in [6, 6.07) is 19.3. The van der Waals surface area contributed by atoms with E-state index in [2.05, 4.69) is 15.4 Å². The Kier molecular flexibility index (Phi) is 4.90. The Hall–Kier alpha value is -2.93. The van der Waals surface area contributed by atoms with Crippen LogP contribution in [0.1, 0.15) is 5.56 Å². The molecule has 3 aromatic carbocycles. The second kappa shape index (κ2) is 7.72. The molecule has 0 spiro atoms. The molecule has 2 heterocycles. The van der Waals surface area contributed by atoms with E-state index in [0.717, 1.165) is 27.6 Å². The number of carbonyl (C=O) groups is 1. The molecule has 1 N–H and O–H groups in total. The zero-order chi connectivity index (χ0) is 20.7. The van der Waals surface area contributed by atoms with Crippen LogP contribution in [0.4, 0.5) is 5.95 Å². The molecule has 0 fully saturated rings. The van der Waals surface area contributed by atoms with Gasteiger partial charge < -0.3 is 0 Å². The Balaban J connectivity index is 1.40. The molecule has 30 heavy (non-hydrogen) atoms. The summed E-state index contributed by atoms with van der Waals surface area (Å²) in [6.07, 6.45) is 0.240. The third-order valence-electron chi connectivity index (χ3n) is 4.77. The summed E-state index contributed by atoms with van der Waals surface area (Å²) in [4.78, 5) is 17.7. The van der Waals surface area contributed by atoms with Crippen LogP contribution in [-0.2, 0) is 11.2 Å². The summed E-state index contributed by atoms with van der Waals surface area (Å²) < 4.78 is 1.67. The van der Waals surface area contributed by atoms with Gasteiger partial charge in [0.15, 0.2) is 0 Å². The van der Waals surface area contributed by atoms with Crippen molar-refractivity contribution < 1.29 is 4.79 Å². The van der Waals surface area contributed by atoms with E-state index in [-0.39, 0.29) is 18.3 Å². The van der Waals surface area contributed by atoms with Gasteiger partial charge >= 0.3 is 0 Å². The number of nitrogens with one attached hydrogen (secondary N) is 1. The summed E-state index contributed by atoms with van der Waals surface area (Å²) in [5.41, 5.74) is 2.55. The van der Waals surface area contributed by atoms with Gasteiger partial charge in [-0.1, -0.05) is 65.7 Å². The normalized spacial score (nSPS) is 11.3. The van der Waals surface area contributed by atoms with Crippen LogP contribution in [0.5, 0.6) is 0 Å². The monoisotopic (exact) mass is 452 g/mol. The Labute approximate surface area is 185 Å². The van der Waals surface area contributed by atoms with E-state index in [9.17, 15) is 4.79 Å². The van der Waals surface area contributed by atoms with E-state index in [0.29, 0.717) is 15.0 Å². The summed E-state index contributed by atoms with van der Waals surface area (Å²) >= 11 is 13.8. The summed E-state index contributed by atoms with van der Waals surface area (Å²) in [6.45, 7) is 0. The van der Waals surface area contributed by atoms with Gasteiger partial charge in [-0.05, 0) is 34.5 Å². The van der Waals surface area contributed by atoms with E-state index in [1.807, 2.05) is 53.9 Å². The van der Waals surface area contributed by atoms with Gasteiger partial charge in [0, 0.05) is 16.0 Å². The summed E-state index contributed by atoms with van der Waals surface area (Å²) in [5.74, 6) is 0.0918. The molecule has 5 rings (SSSR count). The molecule has 0 atom stereocenters. The third-order valence-corrected chi connectivity index (χ3v) is 6.13. The molecule has 8 heteroatoms. The quantitative estimate of drug-likeness (QED) is 0.358. The molecular formula is C22H14Cl2N4OS. The number of nitrogens with zero attached hydrogens (tertiary/aromatic N) is 3. The van der Waals surface area contributed by atoms with Crippen LogP contribution in [0.25, 0.3) is 27.0 Å². The van der Waals surface area contributed by atoms with E-state index >= 15 is 0 Å². The minimum absolute atomic E-state index is 0.171. The van der Waals surface area contributed by atoms with Crippen molar-refractivity contribution in [3.8, 4) is 11.3 Å². The lowest BCUT2D eigenvalue weighted by molar-refractivity contribution is -0.115. The number of fused-ring (bicyclic) bond motifs is 2. The summed E-state index contributed by atoms with van der Waals surface area (Å²) in [5, 5.41) is 12.4. The van der Waals surface area contributed by atoms with Gasteiger partial charge in [0.2, 0.25) is 16.8 Å². The van der Waals surface area contributed by atoms with E-state index < -0.39 is 0 Å². The predicted molar refractivity (Wildman–Crippen MR) is 123 cm³/mol. The van der Waals surface area contributed by atoms with Gasteiger partial charge in [-0.15, -0.1) is 16.4 Å². The van der Waals surface area contributed by atoms with Crippen molar-refractivity contribution in [1.82, 2.24) is 14.6 Å². The molecular weight excluding hydrogens is 439 g/mol. The second-order valence-corrected chi connectivity index (χ2v) is 8.42. The lowest BCUT2D eigenvalue weighted by atomic mass is 10.0. The number of hydrogen-bond donors (Lipinski definition) is 1. The van der Waals surface area contributed by atoms with Crippen molar-refractivity contribution >= 4 is 62.1 Å². The maximum Gasteiger partial charge on any atom is 0.250 e. The van der Waals surface area contributed by atoms with Crippen LogP contribution in [-0.4, -0.2) is 20.5 Å². The molecule has 1 amide bonds. The first-order valence-corrected chi connectivity index (χ1v) is 10.8. The van der Waals surface area contributed by atoms with Gasteiger partial charge in [0.1, 0.15) is 0 Å². The average molecular weight is 453 g/mol. The van der Waals surface area contributed by atoms with Crippen LogP contribution in [0.2, 0.25) is 10.0 Å². The number of hydrogen-bond acceptors (Lipinski definition) is 4. The first-order valence-electron chi connectivity index (χ1n) is 9.15. The molecule has 0 aliphatic rings. The van der Waals surface area contributed by atoms with Gasteiger partial charge in [-0.2, -0.15) is 4.98 Å². The molecule has 5 nitrogen and oxygen atoms in total. The minimum atomic E-state index is -0.171. The molecule has 0 bridgehead atoms. The van der Waals surface area contributed by atoms with Crippen molar-refractivity contribution in [1.29, 1.82) is 0 Å². The standard InChI is InChI=1S/C22H14Cl2N4OS/c23-15-8-9-17(18(24)11-15)19-12-30-22-26-21(27-28(19)22)25-20(29)10-14-6-3-5-13-4-1-2-7-16(13)14/h1-9,11-12H,10H2,(H,25,27,29). The van der Waals surface area contributed by atoms with Crippen LogP contribution in [0, 0.1) is 0 Å². The smallest absolute Gasteiger partial charge is 0.250 e. The number of amides is 1. The zero-order valence-corrected chi connectivity index (χ0v) is 17.8. The number of aromatic nitrogens is 3. The molecule has 0 aliphatic heterocycles. The Morgan fingerprint density at radius 2 is 1.90 bits per heavy atom. The summed E-state index contributed by atoms with van der Waals surface area (Å²) in [7, 11) is 0. The highest BCUT2D eigenvalue weighted by Crippen LogP contribution is 2.33.